The molecule has 1 aromatic carbocycles. The maximum absolute atomic E-state index is 14.0. The van der Waals surface area contributed by atoms with Crippen LogP contribution in [0.4, 0.5) is 4.39 Å². The molecule has 4 fully saturated rings. The van der Waals surface area contributed by atoms with Crippen LogP contribution in [-0.2, 0) is 4.74 Å². The summed E-state index contributed by atoms with van der Waals surface area (Å²) in [6.07, 6.45) is 18.3. The lowest BCUT2D eigenvalue weighted by Gasteiger charge is -2.55. The first-order valence-electron chi connectivity index (χ1n) is 14.3. The fraction of sp³-hybridized carbons (Fsp3) is 0.594. The van der Waals surface area contributed by atoms with E-state index in [2.05, 4.69) is 53.2 Å². The highest BCUT2D eigenvalue weighted by molar-refractivity contribution is 5.82. The fourth-order valence-electron chi connectivity index (χ4n) is 9.64. The number of benzene rings is 1. The molecule has 2 unspecified atom stereocenters. The van der Waals surface area contributed by atoms with Gasteiger partial charge in [0.1, 0.15) is 6.17 Å². The van der Waals surface area contributed by atoms with Gasteiger partial charge in [0.2, 0.25) is 0 Å². The monoisotopic (exact) mass is 484 g/mol. The Morgan fingerprint density at radius 2 is 2.03 bits per heavy atom. The number of hydrogen-bond donors (Lipinski definition) is 0. The third-order valence-electron chi connectivity index (χ3n) is 11.4. The van der Waals surface area contributed by atoms with Gasteiger partial charge in [-0.2, -0.15) is 0 Å². The number of rotatable bonds is 2. The van der Waals surface area contributed by atoms with Crippen molar-refractivity contribution in [2.75, 3.05) is 13.1 Å². The number of pyridine rings is 1. The standard InChI is InChI=1S/C32H37FN2O/c1-30-11-8-25-17-24-4-5-27(35-15-10-26(33)20-35)18-31(24)12-13-32(25,36-31)29(30)7-6-28(30)22-3-2-21-9-14-34-19-23(21)16-22/h2-3,8-9,14,16-17,19,26-29H,4-7,10-13,15,18,20H2,1H3/t26-,27+,28?,29+,30?,31+,32+/m0/s1. The number of allylic oxidation sites excluding steroid dienone is 1. The van der Waals surface area contributed by atoms with Crippen molar-refractivity contribution in [3.63, 3.8) is 0 Å². The van der Waals surface area contributed by atoms with E-state index in [0.29, 0.717) is 30.8 Å². The van der Waals surface area contributed by atoms with Crippen LogP contribution in [0, 0.1) is 11.3 Å². The van der Waals surface area contributed by atoms with E-state index in [9.17, 15) is 4.39 Å². The summed E-state index contributed by atoms with van der Waals surface area (Å²) in [7, 11) is 0. The number of likely N-dealkylation sites (tertiary alicyclic amines) is 1. The van der Waals surface area contributed by atoms with E-state index in [0.717, 1.165) is 45.1 Å². The quantitative estimate of drug-likeness (QED) is 0.464. The van der Waals surface area contributed by atoms with Gasteiger partial charge in [0.15, 0.2) is 0 Å². The minimum absolute atomic E-state index is 0.111. The third kappa shape index (κ3) is 2.89. The molecule has 2 saturated carbocycles. The zero-order valence-electron chi connectivity index (χ0n) is 21.4. The summed E-state index contributed by atoms with van der Waals surface area (Å²) in [5.41, 5.74) is 4.47. The minimum atomic E-state index is -0.642. The van der Waals surface area contributed by atoms with Crippen molar-refractivity contribution in [2.24, 2.45) is 11.3 Å². The Morgan fingerprint density at radius 1 is 1.08 bits per heavy atom. The SMILES string of the molecule is CC12CC=C3C=C4CC[C@@H](N5CC[C@H](F)C5)C[C@]45CC[C@]3(O5)[C@@H]1CCC2c1ccc2ccncc2c1. The van der Waals surface area contributed by atoms with Gasteiger partial charge in [0.05, 0.1) is 11.2 Å². The average Bonchev–Trinajstić information content (AvgIpc) is 3.57. The van der Waals surface area contributed by atoms with Gasteiger partial charge in [-0.25, -0.2) is 4.39 Å². The van der Waals surface area contributed by atoms with Gasteiger partial charge in [0, 0.05) is 36.9 Å². The van der Waals surface area contributed by atoms with Gasteiger partial charge in [0.25, 0.3) is 0 Å². The lowest BCUT2D eigenvalue weighted by molar-refractivity contribution is -0.140. The van der Waals surface area contributed by atoms with Crippen LogP contribution in [0.5, 0.6) is 0 Å². The second-order valence-corrected chi connectivity index (χ2v) is 13.0. The normalized spacial score (nSPS) is 43.6. The van der Waals surface area contributed by atoms with Crippen molar-refractivity contribution in [1.82, 2.24) is 9.88 Å². The van der Waals surface area contributed by atoms with E-state index >= 15 is 0 Å². The van der Waals surface area contributed by atoms with Crippen LogP contribution in [0.25, 0.3) is 10.8 Å². The maximum atomic E-state index is 14.0. The molecule has 7 atom stereocenters. The number of fused-ring (bicyclic) bond motifs is 2. The van der Waals surface area contributed by atoms with Crippen molar-refractivity contribution < 1.29 is 9.13 Å². The van der Waals surface area contributed by atoms with Crippen molar-refractivity contribution >= 4 is 10.8 Å². The second kappa shape index (κ2) is 7.51. The molecule has 4 heterocycles. The van der Waals surface area contributed by atoms with Crippen LogP contribution in [0.1, 0.15) is 76.2 Å². The van der Waals surface area contributed by atoms with Crippen molar-refractivity contribution in [1.29, 1.82) is 0 Å². The Hall–Kier alpha value is -2.04. The summed E-state index contributed by atoms with van der Waals surface area (Å²) >= 11 is 0. The van der Waals surface area contributed by atoms with Crippen LogP contribution in [0.15, 0.2) is 60.0 Å². The highest BCUT2D eigenvalue weighted by atomic mass is 19.1. The first kappa shape index (κ1) is 22.0. The van der Waals surface area contributed by atoms with Crippen LogP contribution >= 0.6 is 0 Å². The number of halogens is 1. The van der Waals surface area contributed by atoms with E-state index < -0.39 is 6.17 Å². The molecule has 6 aliphatic rings. The van der Waals surface area contributed by atoms with E-state index in [1.54, 1.807) is 0 Å². The molecule has 2 saturated heterocycles. The highest BCUT2D eigenvalue weighted by Crippen LogP contribution is 2.69. The predicted molar refractivity (Wildman–Crippen MR) is 141 cm³/mol. The largest absolute Gasteiger partial charge is 0.359 e. The second-order valence-electron chi connectivity index (χ2n) is 13.0. The number of alkyl halides is 1. The van der Waals surface area contributed by atoms with Gasteiger partial charge < -0.3 is 4.74 Å². The number of aromatic nitrogens is 1. The van der Waals surface area contributed by atoms with Gasteiger partial charge >= 0.3 is 0 Å². The molecule has 188 valence electrons. The predicted octanol–water partition coefficient (Wildman–Crippen LogP) is 6.89. The van der Waals surface area contributed by atoms with Crippen LogP contribution in [0.3, 0.4) is 0 Å². The number of hydrogen-bond acceptors (Lipinski definition) is 3. The molecule has 0 amide bonds. The molecule has 1 aromatic heterocycles. The Balaban J connectivity index is 1.14. The molecule has 4 heteroatoms. The molecular formula is C32H37FN2O. The molecule has 3 aliphatic heterocycles. The summed E-state index contributed by atoms with van der Waals surface area (Å²) in [6.45, 7) is 4.09. The van der Waals surface area contributed by atoms with Crippen LogP contribution in [-0.4, -0.2) is 46.4 Å². The molecular weight excluding hydrogens is 447 g/mol. The molecule has 3 nitrogen and oxygen atoms in total. The summed E-state index contributed by atoms with van der Waals surface area (Å²) < 4.78 is 21.5. The maximum Gasteiger partial charge on any atom is 0.114 e. The smallest absolute Gasteiger partial charge is 0.114 e. The molecule has 2 aromatic rings. The summed E-state index contributed by atoms with van der Waals surface area (Å²) in [6, 6.07) is 9.63. The lowest BCUT2D eigenvalue weighted by Crippen LogP contribution is -2.55. The van der Waals surface area contributed by atoms with Gasteiger partial charge in [-0.3, -0.25) is 9.88 Å². The Labute approximate surface area is 213 Å². The Bertz CT molecular complexity index is 1300. The topological polar surface area (TPSA) is 25.4 Å². The Morgan fingerprint density at radius 3 is 2.92 bits per heavy atom. The summed E-state index contributed by atoms with van der Waals surface area (Å²) in [5, 5.41) is 2.52. The zero-order valence-corrected chi connectivity index (χ0v) is 21.4. The molecule has 3 aliphatic carbocycles. The zero-order chi connectivity index (χ0) is 24.1. The Kier molecular flexibility index (Phi) is 4.59. The van der Waals surface area contributed by atoms with E-state index in [-0.39, 0.29) is 16.6 Å². The van der Waals surface area contributed by atoms with Gasteiger partial charge in [-0.05, 0) is 109 Å². The van der Waals surface area contributed by atoms with Crippen molar-refractivity contribution in [3.05, 3.63) is 65.5 Å². The lowest BCUT2D eigenvalue weighted by atomic mass is 9.58. The van der Waals surface area contributed by atoms with Crippen LogP contribution in [0.2, 0.25) is 0 Å². The summed E-state index contributed by atoms with van der Waals surface area (Å²) in [4.78, 5) is 6.81. The molecule has 36 heavy (non-hydrogen) atoms. The molecule has 0 N–H and O–H groups in total. The summed E-state index contributed by atoms with van der Waals surface area (Å²) in [5.74, 6) is 1.11. The molecule has 2 spiro atoms. The van der Waals surface area contributed by atoms with E-state index in [1.165, 1.54) is 40.3 Å². The molecule has 2 bridgehead atoms. The minimum Gasteiger partial charge on any atom is -0.359 e. The first-order valence-corrected chi connectivity index (χ1v) is 14.3. The van der Waals surface area contributed by atoms with Crippen molar-refractivity contribution in [2.45, 2.75) is 94.0 Å². The average molecular weight is 485 g/mol. The van der Waals surface area contributed by atoms with Gasteiger partial charge in [-0.1, -0.05) is 31.2 Å². The molecule has 8 rings (SSSR count). The first-order chi connectivity index (χ1) is 17.5. The van der Waals surface area contributed by atoms with Crippen LogP contribution < -0.4 is 0 Å². The van der Waals surface area contributed by atoms with Gasteiger partial charge in [-0.15, -0.1) is 0 Å². The highest BCUT2D eigenvalue weighted by Gasteiger charge is 2.66. The van der Waals surface area contributed by atoms with E-state index in [4.69, 9.17) is 4.74 Å². The fourth-order valence-corrected chi connectivity index (χ4v) is 9.64. The number of ether oxygens (including phenoxy) is 1. The number of nitrogens with zero attached hydrogens (tertiary/aromatic N) is 2. The third-order valence-corrected chi connectivity index (χ3v) is 11.4. The van der Waals surface area contributed by atoms with Crippen molar-refractivity contribution in [3.8, 4) is 0 Å². The molecule has 0 radical (unpaired) electrons. The van der Waals surface area contributed by atoms with E-state index in [1.807, 2.05) is 12.4 Å².